The minimum Gasteiger partial charge on any atom is -0.383 e. The van der Waals surface area contributed by atoms with Crippen LogP contribution in [-0.4, -0.2) is 48.0 Å². The zero-order valence-corrected chi connectivity index (χ0v) is 13.1. The Morgan fingerprint density at radius 2 is 1.90 bits per heavy atom. The number of hydrogen-bond donors (Lipinski definition) is 1. The molecular formula is C14H25N5O. The second-order valence-corrected chi connectivity index (χ2v) is 5.03. The molecule has 0 saturated carbocycles. The molecule has 0 spiro atoms. The Hall–Kier alpha value is -1.85. The van der Waals surface area contributed by atoms with Crippen LogP contribution >= 0.6 is 0 Å². The highest BCUT2D eigenvalue weighted by molar-refractivity contribution is 5.81. The van der Waals surface area contributed by atoms with E-state index in [1.165, 1.54) is 0 Å². The number of carbonyl (C=O) groups excluding carboxylic acids is 1. The molecule has 0 saturated heterocycles. The molecule has 1 aromatic rings. The lowest BCUT2D eigenvalue weighted by atomic mass is 10.2. The average molecular weight is 279 g/mol. The third-order valence-corrected chi connectivity index (χ3v) is 3.18. The number of hydrogen-bond acceptors (Lipinski definition) is 5. The summed E-state index contributed by atoms with van der Waals surface area (Å²) in [6.45, 7) is 6.96. The molecule has 20 heavy (non-hydrogen) atoms. The van der Waals surface area contributed by atoms with Gasteiger partial charge in [-0.3, -0.25) is 4.79 Å². The molecule has 0 atom stereocenters. The monoisotopic (exact) mass is 279 g/mol. The Morgan fingerprint density at radius 3 is 2.40 bits per heavy atom. The molecule has 1 aromatic heterocycles. The number of nitrogens with zero attached hydrogens (tertiary/aromatic N) is 4. The summed E-state index contributed by atoms with van der Waals surface area (Å²) in [6.07, 6.45) is 1.75. The summed E-state index contributed by atoms with van der Waals surface area (Å²) in [5.74, 6) is 2.04. The molecule has 0 fully saturated rings. The highest BCUT2D eigenvalue weighted by atomic mass is 16.2. The number of aryl methyl sites for hydroxylation is 1. The van der Waals surface area contributed by atoms with Crippen molar-refractivity contribution in [1.82, 2.24) is 14.9 Å². The number of carbonyl (C=O) groups is 1. The van der Waals surface area contributed by atoms with E-state index in [-0.39, 0.29) is 5.91 Å². The van der Waals surface area contributed by atoms with Gasteiger partial charge in [-0.15, -0.1) is 0 Å². The molecule has 6 nitrogen and oxygen atoms in total. The van der Waals surface area contributed by atoms with Gasteiger partial charge < -0.3 is 15.5 Å². The van der Waals surface area contributed by atoms with E-state index < -0.39 is 0 Å². The van der Waals surface area contributed by atoms with Crippen LogP contribution in [0.15, 0.2) is 0 Å². The molecule has 2 N–H and O–H groups in total. The van der Waals surface area contributed by atoms with Crippen molar-refractivity contribution < 1.29 is 4.79 Å². The van der Waals surface area contributed by atoms with Gasteiger partial charge in [0.1, 0.15) is 17.5 Å². The number of rotatable bonds is 6. The van der Waals surface area contributed by atoms with Crippen LogP contribution in [0.2, 0.25) is 0 Å². The summed E-state index contributed by atoms with van der Waals surface area (Å²) in [5.41, 5.74) is 6.79. The summed E-state index contributed by atoms with van der Waals surface area (Å²) in [4.78, 5) is 24.3. The van der Waals surface area contributed by atoms with E-state index in [4.69, 9.17) is 5.73 Å². The van der Waals surface area contributed by atoms with Crippen LogP contribution in [0.5, 0.6) is 0 Å². The topological polar surface area (TPSA) is 75.3 Å². The van der Waals surface area contributed by atoms with Crippen LogP contribution in [0.25, 0.3) is 0 Å². The second kappa shape index (κ2) is 7.07. The molecule has 0 aliphatic heterocycles. The van der Waals surface area contributed by atoms with E-state index in [9.17, 15) is 4.79 Å². The molecular weight excluding hydrogens is 254 g/mol. The van der Waals surface area contributed by atoms with Crippen LogP contribution in [0.3, 0.4) is 0 Å². The van der Waals surface area contributed by atoms with Gasteiger partial charge in [-0.25, -0.2) is 9.97 Å². The number of amides is 1. The first-order valence-corrected chi connectivity index (χ1v) is 6.98. The Balaban J connectivity index is 3.10. The zero-order valence-electron chi connectivity index (χ0n) is 13.1. The van der Waals surface area contributed by atoms with Gasteiger partial charge in [-0.2, -0.15) is 0 Å². The largest absolute Gasteiger partial charge is 0.383 e. The van der Waals surface area contributed by atoms with Gasteiger partial charge in [0, 0.05) is 32.6 Å². The smallest absolute Gasteiger partial charge is 0.241 e. The number of likely N-dealkylation sites (N-methyl/N-ethyl adjacent to an activating group) is 2. The van der Waals surface area contributed by atoms with Crippen molar-refractivity contribution in [3.05, 3.63) is 11.4 Å². The van der Waals surface area contributed by atoms with Crippen LogP contribution in [0.1, 0.15) is 31.7 Å². The van der Waals surface area contributed by atoms with Gasteiger partial charge in [-0.05, 0) is 20.3 Å². The molecule has 112 valence electrons. The molecule has 1 heterocycles. The Labute approximate surface area is 121 Å². The normalized spacial score (nSPS) is 10.4. The maximum absolute atomic E-state index is 11.9. The molecule has 0 aromatic carbocycles. The lowest BCUT2D eigenvalue weighted by Crippen LogP contribution is -2.37. The third-order valence-electron chi connectivity index (χ3n) is 3.18. The van der Waals surface area contributed by atoms with E-state index in [2.05, 4.69) is 16.9 Å². The fourth-order valence-corrected chi connectivity index (χ4v) is 1.85. The minimum atomic E-state index is 0.0421. The molecule has 1 amide bonds. The summed E-state index contributed by atoms with van der Waals surface area (Å²) in [7, 11) is 3.50. The van der Waals surface area contributed by atoms with Crippen molar-refractivity contribution in [3.63, 3.8) is 0 Å². The van der Waals surface area contributed by atoms with Crippen LogP contribution in [-0.2, 0) is 11.2 Å². The number of aromatic nitrogens is 2. The number of nitrogens with two attached hydrogens (primary N) is 1. The zero-order chi connectivity index (χ0) is 15.3. The lowest BCUT2D eigenvalue weighted by molar-refractivity contribution is -0.127. The molecule has 0 unspecified atom stereocenters. The minimum absolute atomic E-state index is 0.0421. The van der Waals surface area contributed by atoms with E-state index in [1.807, 2.05) is 18.7 Å². The fraction of sp³-hybridized carbons (Fsp3) is 0.643. The Bertz CT molecular complexity index is 473. The summed E-state index contributed by atoms with van der Waals surface area (Å²) in [5, 5.41) is 0. The second-order valence-electron chi connectivity index (χ2n) is 5.03. The summed E-state index contributed by atoms with van der Waals surface area (Å²) in [6, 6.07) is 0. The first-order valence-electron chi connectivity index (χ1n) is 6.98. The van der Waals surface area contributed by atoms with Crippen molar-refractivity contribution >= 4 is 17.5 Å². The van der Waals surface area contributed by atoms with Gasteiger partial charge in [0.2, 0.25) is 5.91 Å². The average Bonchev–Trinajstić information content (AvgIpc) is 2.40. The molecule has 0 radical (unpaired) electrons. The SMILES string of the molecule is CCCc1nc(N)c(C)c(N(CC)CC(=O)N(C)C)n1. The molecule has 0 bridgehead atoms. The summed E-state index contributed by atoms with van der Waals surface area (Å²) >= 11 is 0. The van der Waals surface area contributed by atoms with Crippen molar-refractivity contribution in [2.24, 2.45) is 0 Å². The van der Waals surface area contributed by atoms with E-state index in [0.717, 1.165) is 30.0 Å². The first kappa shape index (κ1) is 16.2. The van der Waals surface area contributed by atoms with Gasteiger partial charge in [0.15, 0.2) is 0 Å². The van der Waals surface area contributed by atoms with Crippen molar-refractivity contribution in [3.8, 4) is 0 Å². The van der Waals surface area contributed by atoms with Gasteiger partial charge in [-0.1, -0.05) is 6.92 Å². The Kier molecular flexibility index (Phi) is 5.73. The maximum atomic E-state index is 11.9. The fourth-order valence-electron chi connectivity index (χ4n) is 1.85. The predicted molar refractivity (Wildman–Crippen MR) is 81.8 cm³/mol. The standard InChI is InChI=1S/C14H25N5O/c1-6-8-11-16-13(15)10(3)14(17-11)19(7-2)9-12(20)18(4)5/h6-9H2,1-5H3,(H2,15,16,17). The lowest BCUT2D eigenvalue weighted by Gasteiger charge is -2.25. The van der Waals surface area contributed by atoms with Gasteiger partial charge in [0.05, 0.1) is 6.54 Å². The maximum Gasteiger partial charge on any atom is 0.241 e. The van der Waals surface area contributed by atoms with Crippen molar-refractivity contribution in [1.29, 1.82) is 0 Å². The summed E-state index contributed by atoms with van der Waals surface area (Å²) < 4.78 is 0. The third kappa shape index (κ3) is 3.82. The molecule has 0 aliphatic carbocycles. The van der Waals surface area contributed by atoms with Gasteiger partial charge in [0.25, 0.3) is 0 Å². The van der Waals surface area contributed by atoms with Crippen LogP contribution in [0, 0.1) is 6.92 Å². The predicted octanol–water partition coefficient (Wildman–Crippen LogP) is 1.23. The highest BCUT2D eigenvalue weighted by Crippen LogP contribution is 2.22. The van der Waals surface area contributed by atoms with E-state index in [1.54, 1.807) is 19.0 Å². The molecule has 0 aliphatic rings. The highest BCUT2D eigenvalue weighted by Gasteiger charge is 2.17. The van der Waals surface area contributed by atoms with E-state index >= 15 is 0 Å². The molecule has 1 rings (SSSR count). The van der Waals surface area contributed by atoms with Crippen LogP contribution in [0.4, 0.5) is 11.6 Å². The Morgan fingerprint density at radius 1 is 1.25 bits per heavy atom. The molecule has 6 heteroatoms. The quantitative estimate of drug-likeness (QED) is 0.847. The van der Waals surface area contributed by atoms with Gasteiger partial charge >= 0.3 is 0 Å². The first-order chi connectivity index (χ1) is 9.40. The van der Waals surface area contributed by atoms with Crippen molar-refractivity contribution in [2.45, 2.75) is 33.6 Å². The van der Waals surface area contributed by atoms with Crippen LogP contribution < -0.4 is 10.6 Å². The van der Waals surface area contributed by atoms with Crippen molar-refractivity contribution in [2.75, 3.05) is 37.8 Å². The number of anilines is 2. The van der Waals surface area contributed by atoms with E-state index in [0.29, 0.717) is 18.9 Å². The number of nitrogen functional groups attached to an aromatic ring is 1.